The molecule has 0 saturated carbocycles. The van der Waals surface area contributed by atoms with Crippen LogP contribution >= 0.6 is 0 Å². The van der Waals surface area contributed by atoms with Crippen LogP contribution in [0.2, 0.25) is 0 Å². The van der Waals surface area contributed by atoms with Crippen LogP contribution in [-0.4, -0.2) is 43.8 Å². The lowest BCUT2D eigenvalue weighted by Gasteiger charge is -2.34. The van der Waals surface area contributed by atoms with Gasteiger partial charge in [0, 0.05) is 19.1 Å². The first kappa shape index (κ1) is 15.2. The number of nitrogens with one attached hydrogen (secondary N) is 1. The predicted molar refractivity (Wildman–Crippen MR) is 66.6 cm³/mol. The molecule has 1 amide bonds. The van der Waals surface area contributed by atoms with Crippen molar-refractivity contribution in [2.75, 3.05) is 26.7 Å². The van der Waals surface area contributed by atoms with E-state index >= 15 is 0 Å². The fourth-order valence-corrected chi connectivity index (χ4v) is 1.57. The van der Waals surface area contributed by atoms with E-state index in [1.165, 1.54) is 0 Å². The zero-order valence-electron chi connectivity index (χ0n) is 11.5. The maximum absolute atomic E-state index is 11.6. The summed E-state index contributed by atoms with van der Waals surface area (Å²) in [6.07, 6.45) is -0.227. The van der Waals surface area contributed by atoms with Crippen LogP contribution in [0.3, 0.4) is 0 Å². The highest BCUT2D eigenvalue weighted by Gasteiger charge is 2.26. The number of ether oxygens (including phenoxy) is 1. The lowest BCUT2D eigenvalue weighted by molar-refractivity contribution is 0.0972. The second-order valence-corrected chi connectivity index (χ2v) is 4.94. The normalized spacial score (nSPS) is 13.4. The highest BCUT2D eigenvalue weighted by atomic mass is 16.6. The number of nitrogens with zero attached hydrogens (tertiary/aromatic N) is 1. The molecule has 0 spiro atoms. The number of hydrogen-bond acceptors (Lipinski definition) is 3. The Kier molecular flexibility index (Phi) is 6.41. The molecule has 16 heavy (non-hydrogen) atoms. The second kappa shape index (κ2) is 6.74. The first-order valence-electron chi connectivity index (χ1n) is 5.95. The van der Waals surface area contributed by atoms with Crippen LogP contribution in [0.15, 0.2) is 0 Å². The molecule has 1 unspecified atom stereocenters. The zero-order valence-corrected chi connectivity index (χ0v) is 11.5. The van der Waals surface area contributed by atoms with Gasteiger partial charge in [0.15, 0.2) is 0 Å². The summed E-state index contributed by atoms with van der Waals surface area (Å²) in [5, 5.41) is 3.25. The Morgan fingerprint density at radius 3 is 2.25 bits per heavy atom. The van der Waals surface area contributed by atoms with Crippen molar-refractivity contribution in [1.29, 1.82) is 0 Å². The third-order valence-corrected chi connectivity index (χ3v) is 2.70. The maximum Gasteiger partial charge on any atom is 0.409 e. The van der Waals surface area contributed by atoms with E-state index in [0.29, 0.717) is 19.7 Å². The van der Waals surface area contributed by atoms with Crippen molar-refractivity contribution in [2.45, 2.75) is 40.7 Å². The van der Waals surface area contributed by atoms with Crippen molar-refractivity contribution in [3.8, 4) is 0 Å². The molecule has 1 atom stereocenters. The van der Waals surface area contributed by atoms with E-state index in [2.05, 4.69) is 26.1 Å². The monoisotopic (exact) mass is 230 g/mol. The van der Waals surface area contributed by atoms with Gasteiger partial charge in [-0.25, -0.2) is 4.79 Å². The van der Waals surface area contributed by atoms with Crippen LogP contribution in [0.1, 0.15) is 34.6 Å². The molecule has 0 aliphatic carbocycles. The number of rotatable bonds is 5. The van der Waals surface area contributed by atoms with Crippen molar-refractivity contribution in [1.82, 2.24) is 10.2 Å². The fourth-order valence-electron chi connectivity index (χ4n) is 1.57. The van der Waals surface area contributed by atoms with Gasteiger partial charge in [-0.15, -0.1) is 0 Å². The van der Waals surface area contributed by atoms with Crippen LogP contribution in [0.25, 0.3) is 0 Å². The van der Waals surface area contributed by atoms with E-state index in [9.17, 15) is 4.79 Å². The van der Waals surface area contributed by atoms with Crippen LogP contribution in [0.4, 0.5) is 4.79 Å². The lowest BCUT2D eigenvalue weighted by Crippen LogP contribution is -2.49. The van der Waals surface area contributed by atoms with Gasteiger partial charge in [0.1, 0.15) is 0 Å². The minimum Gasteiger partial charge on any atom is -0.450 e. The summed E-state index contributed by atoms with van der Waals surface area (Å²) in [5.41, 5.74) is 0.120. The van der Waals surface area contributed by atoms with Crippen LogP contribution in [-0.2, 0) is 4.74 Å². The van der Waals surface area contributed by atoms with Crippen molar-refractivity contribution >= 4 is 6.09 Å². The first-order valence-corrected chi connectivity index (χ1v) is 5.95. The Morgan fingerprint density at radius 1 is 1.38 bits per heavy atom. The summed E-state index contributed by atoms with van der Waals surface area (Å²) >= 11 is 0. The summed E-state index contributed by atoms with van der Waals surface area (Å²) in [4.78, 5) is 13.4. The van der Waals surface area contributed by atoms with Gasteiger partial charge >= 0.3 is 6.09 Å². The number of amides is 1. The van der Waals surface area contributed by atoms with E-state index in [1.807, 2.05) is 20.9 Å². The van der Waals surface area contributed by atoms with Gasteiger partial charge in [-0.05, 0) is 26.3 Å². The molecular weight excluding hydrogens is 204 g/mol. The van der Waals surface area contributed by atoms with Gasteiger partial charge < -0.3 is 15.0 Å². The number of carbonyl (C=O) groups excluding carboxylic acids is 1. The van der Waals surface area contributed by atoms with Gasteiger partial charge in [0.05, 0.1) is 6.61 Å². The van der Waals surface area contributed by atoms with E-state index in [-0.39, 0.29) is 17.6 Å². The summed E-state index contributed by atoms with van der Waals surface area (Å²) in [6, 6.07) is 0.261. The van der Waals surface area contributed by atoms with Crippen LogP contribution in [0, 0.1) is 5.41 Å². The molecular formula is C12H26N2O2. The summed E-state index contributed by atoms with van der Waals surface area (Å²) in [7, 11) is 1.93. The van der Waals surface area contributed by atoms with Crippen molar-refractivity contribution < 1.29 is 9.53 Å². The van der Waals surface area contributed by atoms with E-state index < -0.39 is 0 Å². The second-order valence-electron chi connectivity index (χ2n) is 4.94. The zero-order chi connectivity index (χ0) is 12.8. The molecule has 4 nitrogen and oxygen atoms in total. The standard InChI is InChI=1S/C12H26N2O2/c1-7-14(11(15)16-8-2)9-10(13-6)12(3,4)5/h10,13H,7-9H2,1-6H3. The molecule has 4 heteroatoms. The summed E-state index contributed by atoms with van der Waals surface area (Å²) in [5.74, 6) is 0. The van der Waals surface area contributed by atoms with Gasteiger partial charge in [-0.3, -0.25) is 0 Å². The Morgan fingerprint density at radius 2 is 1.94 bits per heavy atom. The quantitative estimate of drug-likeness (QED) is 0.786. The Labute approximate surface area is 99.3 Å². The van der Waals surface area contributed by atoms with Crippen molar-refractivity contribution in [3.63, 3.8) is 0 Å². The summed E-state index contributed by atoms with van der Waals surface area (Å²) < 4.78 is 5.01. The Bertz CT molecular complexity index is 212. The molecule has 0 aromatic carbocycles. The smallest absolute Gasteiger partial charge is 0.409 e. The SMILES string of the molecule is CCOC(=O)N(CC)CC(NC)C(C)(C)C. The highest BCUT2D eigenvalue weighted by molar-refractivity contribution is 5.67. The predicted octanol–water partition coefficient (Wildman–Crippen LogP) is 2.10. The van der Waals surface area contributed by atoms with Gasteiger partial charge in [0.2, 0.25) is 0 Å². The third kappa shape index (κ3) is 4.84. The molecule has 0 saturated heterocycles. The molecule has 0 aliphatic rings. The molecule has 96 valence electrons. The Balaban J connectivity index is 4.45. The number of hydrogen-bond donors (Lipinski definition) is 1. The fraction of sp³-hybridized carbons (Fsp3) is 0.917. The van der Waals surface area contributed by atoms with Gasteiger partial charge in [-0.2, -0.15) is 0 Å². The van der Waals surface area contributed by atoms with Crippen molar-refractivity contribution in [3.05, 3.63) is 0 Å². The van der Waals surface area contributed by atoms with Gasteiger partial charge in [0.25, 0.3) is 0 Å². The van der Waals surface area contributed by atoms with E-state index in [1.54, 1.807) is 4.90 Å². The maximum atomic E-state index is 11.6. The van der Waals surface area contributed by atoms with Crippen molar-refractivity contribution in [2.24, 2.45) is 5.41 Å². The molecule has 0 aromatic heterocycles. The summed E-state index contributed by atoms with van der Waals surface area (Å²) in [6.45, 7) is 12.0. The molecule has 0 radical (unpaired) electrons. The molecule has 0 fully saturated rings. The Hall–Kier alpha value is -0.770. The third-order valence-electron chi connectivity index (χ3n) is 2.70. The van der Waals surface area contributed by atoms with E-state index in [0.717, 1.165) is 0 Å². The average Bonchev–Trinajstić information content (AvgIpc) is 2.17. The molecule has 0 rings (SSSR count). The van der Waals surface area contributed by atoms with E-state index in [4.69, 9.17) is 4.74 Å². The molecule has 0 aromatic rings. The van der Waals surface area contributed by atoms with Crippen LogP contribution < -0.4 is 5.32 Å². The minimum absolute atomic E-state index is 0.120. The number of carbonyl (C=O) groups is 1. The van der Waals surface area contributed by atoms with Crippen LogP contribution in [0.5, 0.6) is 0 Å². The largest absolute Gasteiger partial charge is 0.450 e. The minimum atomic E-state index is -0.227. The molecule has 0 bridgehead atoms. The van der Waals surface area contributed by atoms with Gasteiger partial charge in [-0.1, -0.05) is 20.8 Å². The number of likely N-dealkylation sites (N-methyl/N-ethyl adjacent to an activating group) is 2. The lowest BCUT2D eigenvalue weighted by atomic mass is 9.86. The first-order chi connectivity index (χ1) is 7.36. The molecule has 1 N–H and O–H groups in total. The molecule has 0 heterocycles. The molecule has 0 aliphatic heterocycles. The average molecular weight is 230 g/mol. The highest BCUT2D eigenvalue weighted by Crippen LogP contribution is 2.20. The topological polar surface area (TPSA) is 41.6 Å².